The van der Waals surface area contributed by atoms with Crippen LogP contribution in [0, 0.1) is 11.3 Å². The van der Waals surface area contributed by atoms with E-state index in [9.17, 15) is 19.6 Å². The SMILES string of the molecule is CCC(=O)N1C[C@H]2CC1[C@H]1C(=O)N(c3cnc(C#N)c4ccccc34)C(=O)N21. The number of aromatic nitrogens is 1. The topological polar surface area (TPSA) is 97.6 Å². The van der Waals surface area contributed by atoms with E-state index in [1.54, 1.807) is 41.0 Å². The van der Waals surface area contributed by atoms with Crippen LogP contribution in [0.5, 0.6) is 0 Å². The lowest BCUT2D eigenvalue weighted by molar-refractivity contribution is -0.135. The summed E-state index contributed by atoms with van der Waals surface area (Å²) < 4.78 is 0. The van der Waals surface area contributed by atoms with E-state index < -0.39 is 6.04 Å². The quantitative estimate of drug-likeness (QED) is 0.743. The molecule has 8 heteroatoms. The number of anilines is 1. The van der Waals surface area contributed by atoms with Gasteiger partial charge in [-0.2, -0.15) is 5.26 Å². The number of hydrogen-bond donors (Lipinski definition) is 0. The van der Waals surface area contributed by atoms with Crippen LogP contribution in [0.3, 0.4) is 0 Å². The van der Waals surface area contributed by atoms with E-state index >= 15 is 0 Å². The first-order valence-electron chi connectivity index (χ1n) is 9.30. The van der Waals surface area contributed by atoms with Gasteiger partial charge in [0.25, 0.3) is 5.91 Å². The van der Waals surface area contributed by atoms with Crippen LogP contribution in [-0.2, 0) is 9.59 Å². The molecule has 1 aromatic heterocycles. The molecule has 0 aliphatic carbocycles. The lowest BCUT2D eigenvalue weighted by Gasteiger charge is -2.34. The van der Waals surface area contributed by atoms with Gasteiger partial charge in [-0.15, -0.1) is 0 Å². The number of pyridine rings is 1. The van der Waals surface area contributed by atoms with E-state index in [0.29, 0.717) is 35.8 Å². The zero-order valence-electron chi connectivity index (χ0n) is 15.2. The fourth-order valence-electron chi connectivity index (χ4n) is 4.81. The van der Waals surface area contributed by atoms with Crippen LogP contribution in [0.2, 0.25) is 0 Å². The highest BCUT2D eigenvalue weighted by molar-refractivity contribution is 6.25. The molecule has 140 valence electrons. The van der Waals surface area contributed by atoms with Crippen molar-refractivity contribution >= 4 is 34.3 Å². The molecule has 28 heavy (non-hydrogen) atoms. The lowest BCUT2D eigenvalue weighted by Crippen LogP contribution is -2.54. The Morgan fingerprint density at radius 2 is 2.04 bits per heavy atom. The van der Waals surface area contributed by atoms with Crippen molar-refractivity contribution in [2.45, 2.75) is 37.9 Å². The molecule has 0 saturated carbocycles. The summed E-state index contributed by atoms with van der Waals surface area (Å²) in [6, 6.07) is 7.74. The average Bonchev–Trinajstić information content (AvgIpc) is 3.38. The summed E-state index contributed by atoms with van der Waals surface area (Å²) in [5, 5.41) is 10.5. The largest absolute Gasteiger partial charge is 0.335 e. The van der Waals surface area contributed by atoms with E-state index in [1.165, 1.54) is 11.1 Å². The molecule has 3 fully saturated rings. The number of nitriles is 1. The number of imide groups is 1. The summed E-state index contributed by atoms with van der Waals surface area (Å²) >= 11 is 0. The van der Waals surface area contributed by atoms with E-state index in [1.807, 2.05) is 6.07 Å². The smallest absolute Gasteiger partial charge is 0.332 e. The Hall–Kier alpha value is -3.47. The number of fused-ring (bicyclic) bond motifs is 6. The van der Waals surface area contributed by atoms with Crippen LogP contribution in [0.25, 0.3) is 10.8 Å². The van der Waals surface area contributed by atoms with E-state index in [-0.39, 0.29) is 35.6 Å². The Bertz CT molecular complexity index is 1090. The van der Waals surface area contributed by atoms with Gasteiger partial charge in [0.05, 0.1) is 24.0 Å². The van der Waals surface area contributed by atoms with Crippen LogP contribution in [-0.4, -0.2) is 57.3 Å². The van der Waals surface area contributed by atoms with E-state index in [4.69, 9.17) is 0 Å². The van der Waals surface area contributed by atoms with Crippen LogP contribution in [0.1, 0.15) is 25.5 Å². The summed E-state index contributed by atoms with van der Waals surface area (Å²) in [5.74, 6) is -0.320. The summed E-state index contributed by atoms with van der Waals surface area (Å²) in [5.41, 5.74) is 0.630. The summed E-state index contributed by atoms with van der Waals surface area (Å²) in [4.78, 5) is 47.4. The molecule has 5 rings (SSSR count). The molecule has 0 radical (unpaired) electrons. The third kappa shape index (κ3) is 1.99. The summed E-state index contributed by atoms with van der Waals surface area (Å²) in [7, 11) is 0. The van der Waals surface area contributed by atoms with Gasteiger partial charge in [0, 0.05) is 23.7 Å². The highest BCUT2D eigenvalue weighted by Gasteiger charge is 2.62. The van der Waals surface area contributed by atoms with Gasteiger partial charge in [-0.05, 0) is 6.42 Å². The fourth-order valence-corrected chi connectivity index (χ4v) is 4.81. The van der Waals surface area contributed by atoms with Crippen molar-refractivity contribution in [1.82, 2.24) is 14.8 Å². The molecule has 2 bridgehead atoms. The van der Waals surface area contributed by atoms with Crippen molar-refractivity contribution in [3.63, 3.8) is 0 Å². The van der Waals surface area contributed by atoms with Crippen molar-refractivity contribution in [1.29, 1.82) is 5.26 Å². The Balaban J connectivity index is 1.59. The van der Waals surface area contributed by atoms with Gasteiger partial charge >= 0.3 is 6.03 Å². The number of carbonyl (C=O) groups is 3. The first-order valence-corrected chi connectivity index (χ1v) is 9.30. The number of likely N-dealkylation sites (tertiary alicyclic amines) is 1. The molecule has 3 atom stereocenters. The summed E-state index contributed by atoms with van der Waals surface area (Å²) in [6.45, 7) is 2.28. The van der Waals surface area contributed by atoms with Gasteiger partial charge in [0.2, 0.25) is 5.91 Å². The number of carbonyl (C=O) groups excluding carboxylic acids is 3. The minimum absolute atomic E-state index is 0.0105. The number of urea groups is 1. The van der Waals surface area contributed by atoms with Crippen molar-refractivity contribution in [2.24, 2.45) is 0 Å². The molecule has 3 saturated heterocycles. The minimum atomic E-state index is -0.642. The second-order valence-corrected chi connectivity index (χ2v) is 7.31. The molecule has 0 N–H and O–H groups in total. The van der Waals surface area contributed by atoms with Crippen LogP contribution in [0.4, 0.5) is 10.5 Å². The molecule has 3 aliphatic heterocycles. The molecule has 8 nitrogen and oxygen atoms in total. The first kappa shape index (κ1) is 16.7. The molecule has 2 aromatic rings. The average molecular weight is 375 g/mol. The zero-order chi connectivity index (χ0) is 19.6. The molecule has 4 amide bonds. The van der Waals surface area contributed by atoms with Crippen LogP contribution in [0.15, 0.2) is 30.5 Å². The Morgan fingerprint density at radius 1 is 1.29 bits per heavy atom. The number of piperazine rings is 1. The maximum atomic E-state index is 13.3. The molecule has 3 aliphatic rings. The van der Waals surface area contributed by atoms with E-state index in [2.05, 4.69) is 4.98 Å². The van der Waals surface area contributed by atoms with Gasteiger partial charge in [-0.25, -0.2) is 14.7 Å². The van der Waals surface area contributed by atoms with Gasteiger partial charge in [-0.1, -0.05) is 31.2 Å². The van der Waals surface area contributed by atoms with Crippen molar-refractivity contribution < 1.29 is 14.4 Å². The zero-order valence-corrected chi connectivity index (χ0v) is 15.2. The van der Waals surface area contributed by atoms with Gasteiger partial charge in [0.15, 0.2) is 0 Å². The molecule has 4 heterocycles. The number of amides is 4. The Labute approximate surface area is 160 Å². The van der Waals surface area contributed by atoms with Gasteiger partial charge in [0.1, 0.15) is 17.8 Å². The fraction of sp³-hybridized carbons (Fsp3) is 0.350. The van der Waals surface area contributed by atoms with Gasteiger partial charge in [-0.3, -0.25) is 9.59 Å². The molecular formula is C20H17N5O3. The normalized spacial score (nSPS) is 25.6. The van der Waals surface area contributed by atoms with Crippen LogP contribution < -0.4 is 4.90 Å². The number of benzene rings is 1. The van der Waals surface area contributed by atoms with Crippen molar-refractivity contribution in [3.05, 3.63) is 36.2 Å². The number of rotatable bonds is 2. The first-order chi connectivity index (χ1) is 13.6. The standard InChI is InChI=1S/C20H17N5O3/c1-2-17(26)23-10-11-7-15(23)18-19(27)25(20(28)24(11)18)16-9-22-14(8-21)12-5-3-4-6-13(12)16/h3-6,9,11,15,18H,2,7,10H2,1H3/t11-,15?,18+/m1/s1. The predicted molar refractivity (Wildman–Crippen MR) is 99.2 cm³/mol. The predicted octanol–water partition coefficient (Wildman–Crippen LogP) is 1.64. The second-order valence-electron chi connectivity index (χ2n) is 7.31. The number of nitrogens with zero attached hydrogens (tertiary/aromatic N) is 5. The second kappa shape index (κ2) is 5.76. The molecular weight excluding hydrogens is 358 g/mol. The third-order valence-corrected chi connectivity index (χ3v) is 6.01. The van der Waals surface area contributed by atoms with Crippen molar-refractivity contribution in [2.75, 3.05) is 11.4 Å². The monoisotopic (exact) mass is 375 g/mol. The maximum Gasteiger partial charge on any atom is 0.332 e. The Kier molecular flexibility index (Phi) is 3.43. The highest BCUT2D eigenvalue weighted by atomic mass is 16.2. The third-order valence-electron chi connectivity index (χ3n) is 6.01. The maximum absolute atomic E-state index is 13.3. The number of hydrogen-bond acceptors (Lipinski definition) is 5. The highest BCUT2D eigenvalue weighted by Crippen LogP contribution is 2.43. The van der Waals surface area contributed by atoms with Gasteiger partial charge < -0.3 is 9.80 Å². The van der Waals surface area contributed by atoms with Crippen LogP contribution >= 0.6 is 0 Å². The van der Waals surface area contributed by atoms with E-state index in [0.717, 1.165) is 0 Å². The molecule has 1 unspecified atom stereocenters. The Morgan fingerprint density at radius 3 is 2.75 bits per heavy atom. The molecule has 1 aromatic carbocycles. The van der Waals surface area contributed by atoms with Crippen molar-refractivity contribution in [3.8, 4) is 6.07 Å². The summed E-state index contributed by atoms with van der Waals surface area (Å²) in [6.07, 6.45) is 2.44. The minimum Gasteiger partial charge on any atom is -0.335 e. The molecule has 0 spiro atoms. The lowest BCUT2D eigenvalue weighted by atomic mass is 10.1.